The lowest BCUT2D eigenvalue weighted by Crippen LogP contribution is -2.39. The molecule has 1 amide bonds. The Balaban J connectivity index is 1.60. The summed E-state index contributed by atoms with van der Waals surface area (Å²) in [5, 5.41) is 5.50. The van der Waals surface area contributed by atoms with Crippen molar-refractivity contribution in [2.45, 2.75) is 26.4 Å². The van der Waals surface area contributed by atoms with E-state index in [1.165, 1.54) is 6.21 Å². The second-order valence-corrected chi connectivity index (χ2v) is 10.9. The van der Waals surface area contributed by atoms with Gasteiger partial charge in [0.2, 0.25) is 10.0 Å². The highest BCUT2D eigenvalue weighted by atomic mass is 32.2. The molecule has 0 saturated carbocycles. The number of carbonyl (C=O) groups is 2. The lowest BCUT2D eigenvalue weighted by molar-refractivity contribution is -0.157. The summed E-state index contributed by atoms with van der Waals surface area (Å²) in [7, 11) is -3.73. The first-order chi connectivity index (χ1) is 16.9. The van der Waals surface area contributed by atoms with E-state index in [9.17, 15) is 18.0 Å². The van der Waals surface area contributed by atoms with E-state index in [0.717, 1.165) is 21.3 Å². The van der Waals surface area contributed by atoms with E-state index in [-0.39, 0.29) is 6.61 Å². The minimum Gasteiger partial charge on any atom is -0.482 e. The van der Waals surface area contributed by atoms with Crippen molar-refractivity contribution in [3.8, 4) is 5.75 Å². The minimum absolute atomic E-state index is 0.214. The summed E-state index contributed by atoms with van der Waals surface area (Å²) in [6.45, 7) is 4.69. The van der Waals surface area contributed by atoms with Gasteiger partial charge in [0, 0.05) is 5.39 Å². The standard InChI is InChI=1S/C26H29N3O6S/c1-26(2,3)35-25(31)18-34-21-14-12-19(13-15-21)16-27-28-24(30)17-29(36(4,32)33)23-11-7-9-20-8-5-6-10-22(20)23/h5-16H,17-18H2,1-4H3,(H,28,30)/b27-16-. The zero-order chi connectivity index (χ0) is 26.3. The molecule has 0 aliphatic rings. The van der Waals surface area contributed by atoms with Gasteiger partial charge in [-0.05, 0) is 62.1 Å². The number of fused-ring (bicyclic) bond motifs is 1. The van der Waals surface area contributed by atoms with Crippen LogP contribution < -0.4 is 14.5 Å². The molecule has 36 heavy (non-hydrogen) atoms. The summed E-state index contributed by atoms with van der Waals surface area (Å²) < 4.78 is 36.6. The van der Waals surface area contributed by atoms with Crippen LogP contribution in [0.25, 0.3) is 10.8 Å². The number of esters is 1. The number of benzene rings is 3. The molecular weight excluding hydrogens is 482 g/mol. The molecular formula is C26H29N3O6S. The molecule has 9 nitrogen and oxygen atoms in total. The van der Waals surface area contributed by atoms with Crippen molar-refractivity contribution in [3.63, 3.8) is 0 Å². The SMILES string of the molecule is CC(C)(C)OC(=O)COc1ccc(/C=N\NC(=O)CN(c2cccc3ccccc23)S(C)(=O)=O)cc1. The molecule has 190 valence electrons. The third-order valence-corrected chi connectivity index (χ3v) is 5.91. The first kappa shape index (κ1) is 26.7. The number of hydrazone groups is 1. The van der Waals surface area contributed by atoms with E-state index in [4.69, 9.17) is 9.47 Å². The summed E-state index contributed by atoms with van der Waals surface area (Å²) in [5.74, 6) is -0.592. The maximum absolute atomic E-state index is 12.5. The van der Waals surface area contributed by atoms with Crippen molar-refractivity contribution < 1.29 is 27.5 Å². The van der Waals surface area contributed by atoms with Gasteiger partial charge >= 0.3 is 5.97 Å². The molecule has 0 aliphatic heterocycles. The van der Waals surface area contributed by atoms with Crippen molar-refractivity contribution in [2.75, 3.05) is 23.7 Å². The molecule has 1 N–H and O–H groups in total. The Morgan fingerprint density at radius 2 is 1.67 bits per heavy atom. The fourth-order valence-corrected chi connectivity index (χ4v) is 4.18. The highest BCUT2D eigenvalue weighted by molar-refractivity contribution is 7.92. The Morgan fingerprint density at radius 1 is 1.00 bits per heavy atom. The summed E-state index contributed by atoms with van der Waals surface area (Å²) in [5.41, 5.74) is 2.85. The summed E-state index contributed by atoms with van der Waals surface area (Å²) in [6, 6.07) is 19.3. The second kappa shape index (κ2) is 11.2. The zero-order valence-corrected chi connectivity index (χ0v) is 21.4. The Labute approximate surface area is 210 Å². The molecule has 3 aromatic carbocycles. The predicted molar refractivity (Wildman–Crippen MR) is 140 cm³/mol. The van der Waals surface area contributed by atoms with Crippen LogP contribution in [-0.4, -0.2) is 51.5 Å². The van der Waals surface area contributed by atoms with Crippen molar-refractivity contribution in [3.05, 3.63) is 72.3 Å². The molecule has 0 heterocycles. The molecule has 0 unspecified atom stereocenters. The Morgan fingerprint density at radius 3 is 2.33 bits per heavy atom. The summed E-state index contributed by atoms with van der Waals surface area (Å²) in [6.07, 6.45) is 2.47. The van der Waals surface area contributed by atoms with Crippen LogP contribution >= 0.6 is 0 Å². The van der Waals surface area contributed by atoms with Crippen LogP contribution in [0.4, 0.5) is 5.69 Å². The average Bonchev–Trinajstić information content (AvgIpc) is 2.80. The van der Waals surface area contributed by atoms with Gasteiger partial charge in [-0.15, -0.1) is 0 Å². The quantitative estimate of drug-likeness (QED) is 0.267. The number of amides is 1. The van der Waals surface area contributed by atoms with E-state index < -0.39 is 34.0 Å². The molecule has 0 atom stereocenters. The lowest BCUT2D eigenvalue weighted by atomic mass is 10.1. The molecule has 0 spiro atoms. The van der Waals surface area contributed by atoms with Gasteiger partial charge in [-0.3, -0.25) is 9.10 Å². The molecule has 0 radical (unpaired) electrons. The number of hydrogen-bond acceptors (Lipinski definition) is 7. The van der Waals surface area contributed by atoms with Gasteiger partial charge in [-0.2, -0.15) is 5.10 Å². The molecule has 3 rings (SSSR count). The number of rotatable bonds is 9. The molecule has 0 aliphatic carbocycles. The highest BCUT2D eigenvalue weighted by Gasteiger charge is 2.22. The van der Waals surface area contributed by atoms with Crippen LogP contribution in [0.5, 0.6) is 5.75 Å². The van der Waals surface area contributed by atoms with E-state index in [1.807, 2.05) is 24.3 Å². The number of nitrogens with zero attached hydrogens (tertiary/aromatic N) is 2. The monoisotopic (exact) mass is 511 g/mol. The number of nitrogens with one attached hydrogen (secondary N) is 1. The third kappa shape index (κ3) is 7.81. The number of hydrogen-bond donors (Lipinski definition) is 1. The highest BCUT2D eigenvalue weighted by Crippen LogP contribution is 2.28. The van der Waals surface area contributed by atoms with E-state index in [0.29, 0.717) is 17.0 Å². The fourth-order valence-electron chi connectivity index (χ4n) is 3.31. The smallest absolute Gasteiger partial charge is 0.344 e. The van der Waals surface area contributed by atoms with E-state index >= 15 is 0 Å². The van der Waals surface area contributed by atoms with Crippen molar-refractivity contribution in [1.29, 1.82) is 0 Å². The molecule has 10 heteroatoms. The minimum atomic E-state index is -3.73. The van der Waals surface area contributed by atoms with Crippen LogP contribution in [0, 0.1) is 0 Å². The van der Waals surface area contributed by atoms with Gasteiger partial charge in [-0.25, -0.2) is 18.6 Å². The van der Waals surface area contributed by atoms with Crippen LogP contribution in [0.15, 0.2) is 71.8 Å². The van der Waals surface area contributed by atoms with Gasteiger partial charge in [0.25, 0.3) is 5.91 Å². The van der Waals surface area contributed by atoms with Crippen molar-refractivity contribution in [1.82, 2.24) is 5.43 Å². The van der Waals surface area contributed by atoms with Gasteiger partial charge < -0.3 is 9.47 Å². The normalized spacial score (nSPS) is 11.9. The van der Waals surface area contributed by atoms with Crippen LogP contribution in [-0.2, 0) is 24.3 Å². The van der Waals surface area contributed by atoms with Crippen molar-refractivity contribution >= 4 is 44.6 Å². The maximum atomic E-state index is 12.5. The van der Waals surface area contributed by atoms with Crippen LogP contribution in [0.2, 0.25) is 0 Å². The molecule has 0 saturated heterocycles. The molecule has 0 fully saturated rings. The Bertz CT molecular complexity index is 1360. The summed E-state index contributed by atoms with van der Waals surface area (Å²) in [4.78, 5) is 24.3. The van der Waals surface area contributed by atoms with Crippen LogP contribution in [0.1, 0.15) is 26.3 Å². The molecule has 0 aromatic heterocycles. The number of ether oxygens (including phenoxy) is 2. The van der Waals surface area contributed by atoms with Gasteiger partial charge in [-0.1, -0.05) is 36.4 Å². The summed E-state index contributed by atoms with van der Waals surface area (Å²) >= 11 is 0. The second-order valence-electron chi connectivity index (χ2n) is 9.01. The van der Waals surface area contributed by atoms with Crippen molar-refractivity contribution in [2.24, 2.45) is 5.10 Å². The van der Waals surface area contributed by atoms with Crippen LogP contribution in [0.3, 0.4) is 0 Å². The number of carbonyl (C=O) groups excluding carboxylic acids is 2. The fraction of sp³-hybridized carbons (Fsp3) is 0.269. The van der Waals surface area contributed by atoms with Gasteiger partial charge in [0.05, 0.1) is 18.2 Å². The number of sulfonamides is 1. The third-order valence-electron chi connectivity index (χ3n) is 4.78. The van der Waals surface area contributed by atoms with E-state index in [1.54, 1.807) is 63.2 Å². The van der Waals surface area contributed by atoms with Gasteiger partial charge in [0.1, 0.15) is 17.9 Å². The lowest BCUT2D eigenvalue weighted by Gasteiger charge is -2.23. The zero-order valence-electron chi connectivity index (χ0n) is 20.6. The van der Waals surface area contributed by atoms with E-state index in [2.05, 4.69) is 10.5 Å². The largest absolute Gasteiger partial charge is 0.482 e. The topological polar surface area (TPSA) is 114 Å². The van der Waals surface area contributed by atoms with Gasteiger partial charge in [0.15, 0.2) is 6.61 Å². The Kier molecular flexibility index (Phi) is 8.31. The molecule has 3 aromatic rings. The maximum Gasteiger partial charge on any atom is 0.344 e. The Hall–Kier alpha value is -3.92. The predicted octanol–water partition coefficient (Wildman–Crippen LogP) is 3.48. The number of anilines is 1. The average molecular weight is 512 g/mol. The first-order valence-corrected chi connectivity index (χ1v) is 13.0. The first-order valence-electron chi connectivity index (χ1n) is 11.1. The molecule has 0 bridgehead atoms.